The number of aliphatic hydroxyl groups is 1. The maximum atomic E-state index is 13.9. The van der Waals surface area contributed by atoms with Crippen molar-refractivity contribution in [2.75, 3.05) is 24.7 Å². The minimum Gasteiger partial charge on any atom is -0.388 e. The number of imidazole rings is 2. The lowest BCUT2D eigenvalue weighted by molar-refractivity contribution is -0.424. The van der Waals surface area contributed by atoms with E-state index in [0.717, 1.165) is 0 Å². The maximum absolute atomic E-state index is 13.9. The van der Waals surface area contributed by atoms with Crippen molar-refractivity contribution in [2.24, 2.45) is 17.3 Å². The lowest BCUT2D eigenvalue weighted by atomic mass is 9.59. The van der Waals surface area contributed by atoms with Gasteiger partial charge < -0.3 is 35.5 Å². The molecule has 4 aromatic heterocycles. The molecule has 21 nitrogen and oxygen atoms in total. The number of anilines is 2. The quantitative estimate of drug-likeness (QED) is 0.117. The number of phosphoric ester groups is 1. The fraction of sp³-hybridized carbons (Fsp3) is 0.583. The molecule has 48 heavy (non-hydrogen) atoms. The number of nitrogens with one attached hydrogen (secondary N) is 1. The predicted molar refractivity (Wildman–Crippen MR) is 161 cm³/mol. The topological polar surface area (TPSA) is 289 Å². The van der Waals surface area contributed by atoms with Gasteiger partial charge >= 0.3 is 14.6 Å². The van der Waals surface area contributed by atoms with Crippen molar-refractivity contribution in [3.05, 3.63) is 29.3 Å². The number of thiol groups is 1. The summed E-state index contributed by atoms with van der Waals surface area (Å²) < 4.78 is 66.2. The van der Waals surface area contributed by atoms with Gasteiger partial charge in [0.05, 0.1) is 37.8 Å². The minimum atomic E-state index is -4.82. The van der Waals surface area contributed by atoms with Crippen LogP contribution in [0.2, 0.25) is 0 Å². The Labute approximate surface area is 272 Å². The van der Waals surface area contributed by atoms with E-state index in [0.29, 0.717) is 17.6 Å². The lowest BCUT2D eigenvalue weighted by Gasteiger charge is -2.64. The van der Waals surface area contributed by atoms with Crippen molar-refractivity contribution < 1.29 is 46.7 Å². The molecule has 0 radical (unpaired) electrons. The van der Waals surface area contributed by atoms with E-state index >= 15 is 0 Å². The fourth-order valence-corrected chi connectivity index (χ4v) is 11.2. The van der Waals surface area contributed by atoms with Gasteiger partial charge in [-0.05, 0) is 12.3 Å². The zero-order chi connectivity index (χ0) is 33.2. The van der Waals surface area contributed by atoms with Crippen LogP contribution in [0.4, 0.5) is 11.8 Å². The van der Waals surface area contributed by atoms with Gasteiger partial charge in [0, 0.05) is 11.8 Å². The number of rotatable bonds is 2. The van der Waals surface area contributed by atoms with E-state index in [9.17, 15) is 23.9 Å². The Balaban J connectivity index is 0.992. The number of H-pyrrole nitrogens is 1. The van der Waals surface area contributed by atoms with Crippen LogP contribution < -0.4 is 17.0 Å². The molecule has 3 saturated heterocycles. The van der Waals surface area contributed by atoms with Crippen LogP contribution in [0.15, 0.2) is 23.8 Å². The molecule has 2 bridgehead atoms. The maximum Gasteiger partial charge on any atom is 0.474 e. The van der Waals surface area contributed by atoms with E-state index in [1.54, 1.807) is 4.57 Å². The van der Waals surface area contributed by atoms with E-state index in [4.69, 9.17) is 39.0 Å². The van der Waals surface area contributed by atoms with Crippen molar-refractivity contribution in [1.82, 2.24) is 39.0 Å². The van der Waals surface area contributed by atoms with Crippen LogP contribution >= 0.6 is 26.9 Å². The molecular formula is C24H26N10O11P2S. The van der Waals surface area contributed by atoms with Crippen molar-refractivity contribution in [1.29, 1.82) is 0 Å². The first-order valence-corrected chi connectivity index (χ1v) is 19.0. The number of hydrogen-bond acceptors (Lipinski definition) is 17. The molecule has 254 valence electrons. The molecule has 24 heteroatoms. The number of nitrogen functional groups attached to an aromatic ring is 2. The average molecular weight is 725 g/mol. The summed E-state index contributed by atoms with van der Waals surface area (Å²) in [5, 5.41) is 11.7. The van der Waals surface area contributed by atoms with Gasteiger partial charge in [-0.25, -0.2) is 29.1 Å². The number of fused-ring (bicyclic) bond motifs is 2. The highest BCUT2D eigenvalue weighted by atomic mass is 32.7. The molecule has 7 N–H and O–H groups in total. The SMILES string of the molecule is Nc1nc2c(ncn2[C@@H]2O[C@@]34CO[P@@](=O)(S)O[C@H]5[C@@H](O)[C@H](n6cnc7c(N)ncnc76)[C@H]6C[C@]65COP(=O)(O)O[C@@]5(C3)O[C@@H]2[C@@H]45)c(=O)[nH]1. The van der Waals surface area contributed by atoms with Crippen molar-refractivity contribution in [3.8, 4) is 0 Å². The van der Waals surface area contributed by atoms with Crippen LogP contribution in [0.5, 0.6) is 0 Å². The van der Waals surface area contributed by atoms with Crippen molar-refractivity contribution in [2.45, 2.75) is 54.8 Å². The summed E-state index contributed by atoms with van der Waals surface area (Å²) in [7, 11) is -4.82. The third-order valence-electron chi connectivity index (χ3n) is 10.6. The van der Waals surface area contributed by atoms with E-state index < -0.39 is 80.1 Å². The first-order chi connectivity index (χ1) is 22.8. The van der Waals surface area contributed by atoms with Gasteiger partial charge in [-0.15, -0.1) is 0 Å². The number of ether oxygens (including phenoxy) is 2. The molecule has 0 amide bonds. The van der Waals surface area contributed by atoms with Crippen LogP contribution in [0.25, 0.3) is 22.3 Å². The van der Waals surface area contributed by atoms with E-state index in [-0.39, 0.29) is 41.9 Å². The Kier molecular flexibility index (Phi) is 5.73. The molecule has 3 aliphatic heterocycles. The van der Waals surface area contributed by atoms with Crippen LogP contribution in [-0.4, -0.2) is 92.0 Å². The number of hydrogen-bond donors (Lipinski definition) is 6. The zero-order valence-corrected chi connectivity index (χ0v) is 27.0. The summed E-state index contributed by atoms with van der Waals surface area (Å²) in [6.07, 6.45) is 0.0120. The summed E-state index contributed by atoms with van der Waals surface area (Å²) in [5.41, 5.74) is 9.63. The second-order valence-electron chi connectivity index (χ2n) is 13.1. The average Bonchev–Trinajstić information content (AvgIpc) is 3.21. The van der Waals surface area contributed by atoms with Gasteiger partial charge in [0.15, 0.2) is 34.6 Å². The standard InChI is InChI=1S/C24H26N10O11P2S/c25-16-9-17(28-5-27-16)33(6-29-9)11-8-1-22(8)3-40-46(37,38)45-24-2-23(4-41-47(39,48)44-15(22)12(11)35)14(24)13(42-24)20(43-23)34-7-30-10-18(34)31-21(26)32-19(10)36/h5-8,11-15,20,35H,1-4H2,(H,37,38)(H,39,48)(H2,25,27,28)(H3,26,31,32,36)/t8-,11-,12+,13-,14+,15+,20-,22+,23-,24-,47-/m1/s1. The first-order valence-electron chi connectivity index (χ1n) is 14.8. The van der Waals surface area contributed by atoms with Crippen LogP contribution in [-0.2, 0) is 36.7 Å². The number of aromatic nitrogens is 8. The molecule has 6 fully saturated rings. The Morgan fingerprint density at radius 3 is 2.67 bits per heavy atom. The van der Waals surface area contributed by atoms with Gasteiger partial charge in [0.1, 0.15) is 35.8 Å². The van der Waals surface area contributed by atoms with Gasteiger partial charge in [-0.3, -0.25) is 32.4 Å². The summed E-state index contributed by atoms with van der Waals surface area (Å²) >= 11 is 4.27. The highest BCUT2D eigenvalue weighted by Crippen LogP contribution is 2.77. The highest BCUT2D eigenvalue weighted by Gasteiger charge is 2.85. The monoisotopic (exact) mass is 724 g/mol. The lowest BCUT2D eigenvalue weighted by Crippen LogP contribution is -2.78. The van der Waals surface area contributed by atoms with Crippen molar-refractivity contribution >= 4 is 61.0 Å². The third kappa shape index (κ3) is 3.81. The zero-order valence-electron chi connectivity index (χ0n) is 24.3. The Morgan fingerprint density at radius 2 is 1.83 bits per heavy atom. The van der Waals surface area contributed by atoms with E-state index in [1.807, 2.05) is 0 Å². The Hall–Kier alpha value is -3.01. The molecule has 3 spiro atoms. The summed E-state index contributed by atoms with van der Waals surface area (Å²) in [6, 6.07) is -0.720. The molecule has 1 unspecified atom stereocenters. The molecule has 4 aromatic rings. The molecule has 0 aromatic carbocycles. The third-order valence-corrected chi connectivity index (χ3v) is 13.2. The molecule has 10 rings (SSSR count). The second-order valence-corrected chi connectivity index (χ2v) is 17.4. The number of aromatic amines is 1. The summed E-state index contributed by atoms with van der Waals surface area (Å²) in [6.45, 7) is -5.01. The summed E-state index contributed by atoms with van der Waals surface area (Å²) in [5.74, 6) is -2.70. The molecule has 3 saturated carbocycles. The van der Waals surface area contributed by atoms with Crippen molar-refractivity contribution in [3.63, 3.8) is 0 Å². The molecule has 12 atom stereocenters. The molecule has 3 aliphatic carbocycles. The molecule has 7 heterocycles. The molecular weight excluding hydrogens is 698 g/mol. The van der Waals surface area contributed by atoms with Crippen LogP contribution in [0, 0.1) is 17.3 Å². The minimum absolute atomic E-state index is 0.00295. The number of phosphoric acid groups is 1. The van der Waals surface area contributed by atoms with Gasteiger partial charge in [-0.1, -0.05) is 12.2 Å². The largest absolute Gasteiger partial charge is 0.474 e. The van der Waals surface area contributed by atoms with Crippen LogP contribution in [0.1, 0.15) is 25.1 Å². The second kappa shape index (κ2) is 9.20. The highest BCUT2D eigenvalue weighted by molar-refractivity contribution is 8.44. The predicted octanol–water partition coefficient (Wildman–Crippen LogP) is 0.0153. The molecule has 6 aliphatic rings. The van der Waals surface area contributed by atoms with Gasteiger partial charge in [0.25, 0.3) is 5.56 Å². The Morgan fingerprint density at radius 1 is 1.04 bits per heavy atom. The van der Waals surface area contributed by atoms with E-state index in [1.165, 1.54) is 23.5 Å². The number of aliphatic hydroxyl groups excluding tert-OH is 1. The summed E-state index contributed by atoms with van der Waals surface area (Å²) in [4.78, 5) is 46.6. The van der Waals surface area contributed by atoms with Gasteiger partial charge in [0.2, 0.25) is 5.95 Å². The fourth-order valence-electron chi connectivity index (χ4n) is 8.62. The normalized spacial score (nSPS) is 46.0. The Bertz CT molecular complexity index is 2240. The smallest absolute Gasteiger partial charge is 0.388 e. The van der Waals surface area contributed by atoms with Crippen LogP contribution in [0.3, 0.4) is 0 Å². The first kappa shape index (κ1) is 29.9. The van der Waals surface area contributed by atoms with E-state index in [2.05, 4.69) is 42.2 Å². The van der Waals surface area contributed by atoms with Gasteiger partial charge in [-0.2, -0.15) is 4.98 Å². The number of nitrogens with two attached hydrogens (primary N) is 2. The number of nitrogens with zero attached hydrogens (tertiary/aromatic N) is 7.